The molecule has 7 nitrogen and oxygen atoms in total. The first-order chi connectivity index (χ1) is 16.5. The first-order valence-corrected chi connectivity index (χ1v) is 11.5. The van der Waals surface area contributed by atoms with E-state index in [4.69, 9.17) is 4.74 Å². The Bertz CT molecular complexity index is 1170. The number of ether oxygens (including phenoxy) is 1. The number of carbonyl (C=O) groups excluding carboxylic acids is 1. The number of hydrogen-bond acceptors (Lipinski definition) is 7. The third-order valence-corrected chi connectivity index (χ3v) is 6.69. The van der Waals surface area contributed by atoms with Crippen molar-refractivity contribution in [2.24, 2.45) is 0 Å². The van der Waals surface area contributed by atoms with Crippen molar-refractivity contribution in [3.8, 4) is 23.0 Å². The molecule has 1 atom stereocenters. The molecule has 34 heavy (non-hydrogen) atoms. The minimum Gasteiger partial charge on any atom is -0.508 e. The first kappa shape index (κ1) is 22.3. The van der Waals surface area contributed by atoms with Gasteiger partial charge in [-0.25, -0.2) is 0 Å². The summed E-state index contributed by atoms with van der Waals surface area (Å²) in [7, 11) is 0. The highest BCUT2D eigenvalue weighted by atomic mass is 16.5. The van der Waals surface area contributed by atoms with Crippen LogP contribution in [0.15, 0.2) is 60.7 Å². The largest absolute Gasteiger partial charge is 0.508 e. The summed E-state index contributed by atoms with van der Waals surface area (Å²) in [4.78, 5) is 17.9. The van der Waals surface area contributed by atoms with Gasteiger partial charge in [0.05, 0.1) is 11.5 Å². The van der Waals surface area contributed by atoms with Gasteiger partial charge < -0.3 is 20.1 Å². The SMILES string of the molecule is O=C1c2c(O)cc(O)c(CN3CCN(Cc4ccccc4)CC3)c2OCC1c1ccc(O)cc1. The van der Waals surface area contributed by atoms with Crippen LogP contribution < -0.4 is 4.74 Å². The Morgan fingerprint density at radius 1 is 0.824 bits per heavy atom. The number of phenolic OH excluding ortho intramolecular Hbond substituents is 3. The molecule has 2 heterocycles. The van der Waals surface area contributed by atoms with E-state index in [2.05, 4.69) is 34.1 Å². The van der Waals surface area contributed by atoms with Crippen molar-refractivity contribution < 1.29 is 24.9 Å². The molecule has 0 bridgehead atoms. The van der Waals surface area contributed by atoms with Crippen molar-refractivity contribution in [3.63, 3.8) is 0 Å². The molecule has 7 heteroatoms. The number of fused-ring (bicyclic) bond motifs is 1. The third-order valence-electron chi connectivity index (χ3n) is 6.69. The van der Waals surface area contributed by atoms with E-state index in [0.717, 1.165) is 32.7 Å². The Labute approximate surface area is 198 Å². The smallest absolute Gasteiger partial charge is 0.181 e. The molecule has 176 valence electrons. The molecule has 3 aromatic rings. The zero-order valence-corrected chi connectivity index (χ0v) is 18.9. The molecule has 0 aromatic heterocycles. The third kappa shape index (κ3) is 4.44. The average molecular weight is 461 g/mol. The van der Waals surface area contributed by atoms with Gasteiger partial charge in [-0.3, -0.25) is 14.6 Å². The minimum absolute atomic E-state index is 0.0705. The van der Waals surface area contributed by atoms with Crippen LogP contribution in [0, 0.1) is 0 Å². The second-order valence-corrected chi connectivity index (χ2v) is 8.95. The van der Waals surface area contributed by atoms with Gasteiger partial charge in [0.2, 0.25) is 0 Å². The van der Waals surface area contributed by atoms with E-state index in [1.165, 1.54) is 23.8 Å². The number of ketones is 1. The number of phenols is 3. The maximum atomic E-state index is 13.3. The van der Waals surface area contributed by atoms with Gasteiger partial charge in [-0.15, -0.1) is 0 Å². The van der Waals surface area contributed by atoms with Crippen LogP contribution >= 0.6 is 0 Å². The van der Waals surface area contributed by atoms with Crippen molar-refractivity contribution in [1.29, 1.82) is 0 Å². The summed E-state index contributed by atoms with van der Waals surface area (Å²) in [6, 6.07) is 18.0. The predicted molar refractivity (Wildman–Crippen MR) is 127 cm³/mol. The molecule has 1 saturated heterocycles. The van der Waals surface area contributed by atoms with Crippen molar-refractivity contribution in [1.82, 2.24) is 9.80 Å². The van der Waals surface area contributed by atoms with E-state index in [1.54, 1.807) is 12.1 Å². The normalized spacial score (nSPS) is 18.9. The van der Waals surface area contributed by atoms with Crippen LogP contribution in [0.2, 0.25) is 0 Å². The second-order valence-electron chi connectivity index (χ2n) is 8.95. The fraction of sp³-hybridized carbons (Fsp3) is 0.296. The predicted octanol–water partition coefficient (Wildman–Crippen LogP) is 3.48. The number of benzene rings is 3. The molecule has 1 fully saturated rings. The summed E-state index contributed by atoms with van der Waals surface area (Å²) in [6.07, 6.45) is 0. The van der Waals surface area contributed by atoms with Gasteiger partial charge in [-0.1, -0.05) is 42.5 Å². The molecular formula is C27H28N2O5. The van der Waals surface area contributed by atoms with Gasteiger partial charge in [0.25, 0.3) is 0 Å². The molecule has 3 N–H and O–H groups in total. The van der Waals surface area contributed by atoms with Gasteiger partial charge in [0.1, 0.15) is 35.2 Å². The molecule has 0 aliphatic carbocycles. The van der Waals surface area contributed by atoms with Gasteiger partial charge in [0.15, 0.2) is 5.78 Å². The zero-order chi connectivity index (χ0) is 23.7. The molecule has 0 spiro atoms. The summed E-state index contributed by atoms with van der Waals surface area (Å²) in [6.45, 7) is 4.90. The van der Waals surface area contributed by atoms with Crippen LogP contribution in [0.5, 0.6) is 23.0 Å². The summed E-state index contributed by atoms with van der Waals surface area (Å²) in [5.41, 5.74) is 2.63. The van der Waals surface area contributed by atoms with E-state index in [9.17, 15) is 20.1 Å². The molecule has 2 aliphatic heterocycles. The number of nitrogens with zero attached hydrogens (tertiary/aromatic N) is 2. The molecular weight excluding hydrogens is 432 g/mol. The first-order valence-electron chi connectivity index (χ1n) is 11.5. The topological polar surface area (TPSA) is 93.5 Å². The summed E-state index contributed by atoms with van der Waals surface area (Å²) in [5, 5.41) is 30.7. The maximum absolute atomic E-state index is 13.3. The molecule has 0 amide bonds. The molecule has 0 saturated carbocycles. The maximum Gasteiger partial charge on any atom is 0.181 e. The Balaban J connectivity index is 1.31. The monoisotopic (exact) mass is 460 g/mol. The average Bonchev–Trinajstić information content (AvgIpc) is 2.84. The molecule has 2 aliphatic rings. The van der Waals surface area contributed by atoms with Crippen LogP contribution in [0.3, 0.4) is 0 Å². The summed E-state index contributed by atoms with van der Waals surface area (Å²) < 4.78 is 5.99. The minimum atomic E-state index is -0.585. The van der Waals surface area contributed by atoms with E-state index >= 15 is 0 Å². The number of rotatable bonds is 5. The lowest BCUT2D eigenvalue weighted by molar-refractivity contribution is 0.0886. The Hall–Kier alpha value is -3.55. The van der Waals surface area contributed by atoms with Crippen LogP contribution in [0.4, 0.5) is 0 Å². The molecule has 5 rings (SSSR count). The summed E-state index contributed by atoms with van der Waals surface area (Å²) in [5.74, 6) is -0.802. The standard InChI is InChI=1S/C27H28N2O5/c30-20-8-6-19(7-9-20)22-17-34-27-21(23(31)14-24(32)25(27)26(22)33)16-29-12-10-28(11-13-29)15-18-4-2-1-3-5-18/h1-9,14,22,30-32H,10-13,15-17H2. The highest BCUT2D eigenvalue weighted by Crippen LogP contribution is 2.44. The highest BCUT2D eigenvalue weighted by molar-refractivity contribution is 6.07. The Morgan fingerprint density at radius 2 is 1.47 bits per heavy atom. The molecule has 1 unspecified atom stereocenters. The lowest BCUT2D eigenvalue weighted by Crippen LogP contribution is -2.45. The molecule has 3 aromatic carbocycles. The fourth-order valence-corrected chi connectivity index (χ4v) is 4.76. The van der Waals surface area contributed by atoms with Gasteiger partial charge in [0, 0.05) is 45.3 Å². The van der Waals surface area contributed by atoms with Crippen molar-refractivity contribution in [3.05, 3.63) is 82.9 Å². The highest BCUT2D eigenvalue weighted by Gasteiger charge is 2.36. The lowest BCUT2D eigenvalue weighted by Gasteiger charge is -2.35. The zero-order valence-electron chi connectivity index (χ0n) is 18.9. The van der Waals surface area contributed by atoms with Gasteiger partial charge in [-0.05, 0) is 23.3 Å². The number of carbonyl (C=O) groups is 1. The van der Waals surface area contributed by atoms with E-state index in [1.807, 2.05) is 6.07 Å². The Morgan fingerprint density at radius 3 is 2.15 bits per heavy atom. The quantitative estimate of drug-likeness (QED) is 0.537. The number of Topliss-reactive ketones (excluding diaryl/α,β-unsaturated/α-hetero) is 1. The lowest BCUT2D eigenvalue weighted by atomic mass is 9.87. The van der Waals surface area contributed by atoms with Crippen LogP contribution in [-0.4, -0.2) is 63.7 Å². The summed E-state index contributed by atoms with van der Waals surface area (Å²) >= 11 is 0. The van der Waals surface area contributed by atoms with E-state index in [0.29, 0.717) is 17.7 Å². The van der Waals surface area contributed by atoms with Gasteiger partial charge >= 0.3 is 0 Å². The second kappa shape index (κ2) is 9.37. The number of hydrogen-bond donors (Lipinski definition) is 3. The number of aromatic hydroxyl groups is 3. The van der Waals surface area contributed by atoms with Crippen LogP contribution in [0.25, 0.3) is 0 Å². The van der Waals surface area contributed by atoms with E-state index in [-0.39, 0.29) is 41.0 Å². The van der Waals surface area contributed by atoms with E-state index < -0.39 is 5.92 Å². The molecule has 0 radical (unpaired) electrons. The number of piperazine rings is 1. The van der Waals surface area contributed by atoms with Crippen LogP contribution in [0.1, 0.15) is 33.0 Å². The van der Waals surface area contributed by atoms with Crippen molar-refractivity contribution in [2.75, 3.05) is 32.8 Å². The van der Waals surface area contributed by atoms with Crippen LogP contribution in [-0.2, 0) is 13.1 Å². The Kier molecular flexibility index (Phi) is 6.13. The fourth-order valence-electron chi connectivity index (χ4n) is 4.76. The van der Waals surface area contributed by atoms with Crippen molar-refractivity contribution >= 4 is 5.78 Å². The van der Waals surface area contributed by atoms with Gasteiger partial charge in [-0.2, -0.15) is 0 Å². The van der Waals surface area contributed by atoms with Crippen molar-refractivity contribution in [2.45, 2.75) is 19.0 Å².